The van der Waals surface area contributed by atoms with Crippen molar-refractivity contribution >= 4 is 10.8 Å². The molecule has 0 aliphatic carbocycles. The Labute approximate surface area is 45.1 Å². The third-order valence-corrected chi connectivity index (χ3v) is 1.05. The van der Waals surface area contributed by atoms with Gasteiger partial charge in [0.15, 0.2) is 10.8 Å². The molecule has 8 heavy (non-hydrogen) atoms. The Morgan fingerprint density at radius 3 is 1.25 bits per heavy atom. The smallest absolute Gasteiger partial charge is 0.248 e. The Morgan fingerprint density at radius 2 is 1.25 bits per heavy atom. The maximum atomic E-state index is 10.9. The fourth-order valence-corrected chi connectivity index (χ4v) is 0.233. The SMILES string of the molecule is O=S(C(F)F)C(F)F. The summed E-state index contributed by atoms with van der Waals surface area (Å²) in [6.07, 6.45) is 0. The maximum Gasteiger partial charge on any atom is 0.317 e. The van der Waals surface area contributed by atoms with Crippen LogP contribution < -0.4 is 0 Å². The highest BCUT2D eigenvalue weighted by Gasteiger charge is 2.22. The fourth-order valence-electron chi connectivity index (χ4n) is 0.0778. The Morgan fingerprint density at radius 1 is 1.00 bits per heavy atom. The number of halogens is 4. The monoisotopic (exact) mass is 150 g/mol. The van der Waals surface area contributed by atoms with Gasteiger partial charge in [-0.2, -0.15) is 17.6 Å². The largest absolute Gasteiger partial charge is 0.317 e. The van der Waals surface area contributed by atoms with Gasteiger partial charge in [-0.1, -0.05) is 0 Å². The highest BCUT2D eigenvalue weighted by atomic mass is 32.2. The molecular weight excluding hydrogens is 148 g/mol. The maximum absolute atomic E-state index is 10.9. The Bertz CT molecular complexity index is 82.0. The molecule has 0 amide bonds. The summed E-state index contributed by atoms with van der Waals surface area (Å²) in [5.41, 5.74) is 0. The lowest BCUT2D eigenvalue weighted by Crippen LogP contribution is -2.10. The van der Waals surface area contributed by atoms with Gasteiger partial charge in [0.05, 0.1) is 0 Å². The third kappa shape index (κ3) is 2.25. The van der Waals surface area contributed by atoms with Crippen molar-refractivity contribution < 1.29 is 21.8 Å². The fraction of sp³-hybridized carbons (Fsp3) is 1.00. The minimum atomic E-state index is -3.44. The van der Waals surface area contributed by atoms with E-state index in [1.54, 1.807) is 0 Å². The summed E-state index contributed by atoms with van der Waals surface area (Å²) in [6, 6.07) is 0. The van der Waals surface area contributed by atoms with Crippen molar-refractivity contribution in [3.63, 3.8) is 0 Å². The summed E-state index contributed by atoms with van der Waals surface area (Å²) < 4.78 is 53.0. The molecule has 1 nitrogen and oxygen atoms in total. The van der Waals surface area contributed by atoms with Gasteiger partial charge in [0, 0.05) is 0 Å². The quantitative estimate of drug-likeness (QED) is 0.540. The molecule has 6 heteroatoms. The molecule has 0 spiro atoms. The lowest BCUT2D eigenvalue weighted by atomic mass is 11.6. The normalized spacial score (nSPS) is 11.9. The average Bonchev–Trinajstić information content (AvgIpc) is 1.64. The van der Waals surface area contributed by atoms with Crippen molar-refractivity contribution in [3.8, 4) is 0 Å². The zero-order valence-electron chi connectivity index (χ0n) is 3.48. The van der Waals surface area contributed by atoms with E-state index in [-0.39, 0.29) is 0 Å². The van der Waals surface area contributed by atoms with Gasteiger partial charge >= 0.3 is 11.5 Å². The van der Waals surface area contributed by atoms with Crippen LogP contribution in [0.2, 0.25) is 0 Å². The molecule has 0 heterocycles. The second kappa shape index (κ2) is 3.01. The molecule has 0 N–H and O–H groups in total. The first-order valence-electron chi connectivity index (χ1n) is 1.51. The van der Waals surface area contributed by atoms with Crippen molar-refractivity contribution in [1.82, 2.24) is 0 Å². The molecule has 0 aromatic carbocycles. The summed E-state index contributed by atoms with van der Waals surface area (Å²) >= 11 is 0. The standard InChI is InChI=1S/C2H2F4OS/c3-1(4)8(7)2(5)6/h1-2H. The average molecular weight is 150 g/mol. The topological polar surface area (TPSA) is 17.1 Å². The molecule has 0 saturated carbocycles. The van der Waals surface area contributed by atoms with Crippen molar-refractivity contribution in [3.05, 3.63) is 0 Å². The highest BCUT2D eigenvalue weighted by molar-refractivity contribution is 7.85. The van der Waals surface area contributed by atoms with Gasteiger partial charge in [-0.15, -0.1) is 0 Å². The van der Waals surface area contributed by atoms with Crippen molar-refractivity contribution in [2.45, 2.75) is 11.5 Å². The van der Waals surface area contributed by atoms with Crippen LogP contribution in [-0.2, 0) is 10.8 Å². The van der Waals surface area contributed by atoms with E-state index < -0.39 is 22.3 Å². The molecule has 0 fully saturated rings. The van der Waals surface area contributed by atoms with Crippen LogP contribution in [0.1, 0.15) is 0 Å². The molecule has 50 valence electrons. The number of hydrogen-bond acceptors (Lipinski definition) is 1. The third-order valence-electron chi connectivity index (χ3n) is 0.351. The summed E-state index contributed by atoms with van der Waals surface area (Å²) in [4.78, 5) is 0. The number of rotatable bonds is 2. The Kier molecular flexibility index (Phi) is 2.96. The molecule has 0 saturated heterocycles. The Balaban J connectivity index is 3.65. The second-order valence-electron chi connectivity index (χ2n) is 0.850. The molecule has 0 atom stereocenters. The van der Waals surface area contributed by atoms with Crippen LogP contribution in [0.4, 0.5) is 17.6 Å². The lowest BCUT2D eigenvalue weighted by molar-refractivity contribution is 0.204. The van der Waals surface area contributed by atoms with Gasteiger partial charge < -0.3 is 0 Å². The summed E-state index contributed by atoms with van der Waals surface area (Å²) in [5, 5.41) is 0. The van der Waals surface area contributed by atoms with Crippen LogP contribution >= 0.6 is 0 Å². The van der Waals surface area contributed by atoms with E-state index in [0.717, 1.165) is 0 Å². The van der Waals surface area contributed by atoms with Gasteiger partial charge in [0.2, 0.25) is 0 Å². The Hall–Kier alpha value is -0.130. The lowest BCUT2D eigenvalue weighted by Gasteiger charge is -1.94. The van der Waals surface area contributed by atoms with E-state index in [9.17, 15) is 21.8 Å². The van der Waals surface area contributed by atoms with Gasteiger partial charge in [0.1, 0.15) is 0 Å². The summed E-state index contributed by atoms with van der Waals surface area (Å²) in [7, 11) is -3.29. The van der Waals surface area contributed by atoms with E-state index in [1.165, 1.54) is 0 Å². The zero-order chi connectivity index (χ0) is 6.73. The molecule has 0 aromatic rings. The molecule has 0 aromatic heterocycles. The van der Waals surface area contributed by atoms with Crippen LogP contribution in [0.15, 0.2) is 0 Å². The first-order chi connectivity index (χ1) is 3.55. The van der Waals surface area contributed by atoms with Gasteiger partial charge in [0.25, 0.3) is 0 Å². The summed E-state index contributed by atoms with van der Waals surface area (Å²) in [5.74, 6) is -6.87. The molecule has 0 aliphatic rings. The van der Waals surface area contributed by atoms with Gasteiger partial charge in [-0.25, -0.2) is 4.21 Å². The predicted molar refractivity (Wildman–Crippen MR) is 20.2 cm³/mol. The molecular formula is C2H2F4OS. The van der Waals surface area contributed by atoms with Crippen molar-refractivity contribution in [2.24, 2.45) is 0 Å². The molecule has 0 aliphatic heterocycles. The van der Waals surface area contributed by atoms with Crippen LogP contribution in [0.25, 0.3) is 0 Å². The zero-order valence-corrected chi connectivity index (χ0v) is 4.30. The van der Waals surface area contributed by atoms with Gasteiger partial charge in [-0.3, -0.25) is 0 Å². The van der Waals surface area contributed by atoms with Crippen LogP contribution in [-0.4, -0.2) is 15.7 Å². The van der Waals surface area contributed by atoms with E-state index in [4.69, 9.17) is 0 Å². The first-order valence-corrected chi connectivity index (χ1v) is 2.79. The minimum Gasteiger partial charge on any atom is -0.248 e. The number of hydrogen-bond donors (Lipinski definition) is 0. The first kappa shape index (κ1) is 7.87. The number of alkyl halides is 4. The van der Waals surface area contributed by atoms with E-state index in [0.29, 0.717) is 0 Å². The van der Waals surface area contributed by atoms with Crippen LogP contribution in [0, 0.1) is 0 Å². The van der Waals surface area contributed by atoms with E-state index >= 15 is 0 Å². The van der Waals surface area contributed by atoms with Gasteiger partial charge in [-0.05, 0) is 0 Å². The second-order valence-corrected chi connectivity index (χ2v) is 2.22. The van der Waals surface area contributed by atoms with Crippen molar-refractivity contribution in [1.29, 1.82) is 0 Å². The minimum absolute atomic E-state index is 3.29. The van der Waals surface area contributed by atoms with Crippen molar-refractivity contribution in [2.75, 3.05) is 0 Å². The molecule has 0 radical (unpaired) electrons. The molecule has 0 rings (SSSR count). The summed E-state index contributed by atoms with van der Waals surface area (Å²) in [6.45, 7) is 0. The van der Waals surface area contributed by atoms with E-state index in [2.05, 4.69) is 0 Å². The highest BCUT2D eigenvalue weighted by Crippen LogP contribution is 2.08. The predicted octanol–water partition coefficient (Wildman–Crippen LogP) is 1.18. The molecule has 0 unspecified atom stereocenters. The van der Waals surface area contributed by atoms with Crippen LogP contribution in [0.3, 0.4) is 0 Å². The van der Waals surface area contributed by atoms with Crippen LogP contribution in [0.5, 0.6) is 0 Å². The molecule has 0 bridgehead atoms. The van der Waals surface area contributed by atoms with E-state index in [1.807, 2.05) is 0 Å².